The number of rotatable bonds is 4. The Balaban J connectivity index is 2.00. The highest BCUT2D eigenvalue weighted by molar-refractivity contribution is 7.87. The van der Waals surface area contributed by atoms with E-state index in [1.165, 1.54) is 18.2 Å². The number of para-hydroxylation sites is 1. The first kappa shape index (κ1) is 17.0. The van der Waals surface area contributed by atoms with Gasteiger partial charge in [0.2, 0.25) is 0 Å². The summed E-state index contributed by atoms with van der Waals surface area (Å²) in [4.78, 5) is -0.112. The normalized spacial score (nSPS) is 10.9. The maximum absolute atomic E-state index is 12.6. The predicted molar refractivity (Wildman–Crippen MR) is 95.9 cm³/mol. The summed E-state index contributed by atoms with van der Waals surface area (Å²) in [6.07, 6.45) is 0. The Morgan fingerprint density at radius 1 is 0.920 bits per heavy atom. The van der Waals surface area contributed by atoms with Crippen LogP contribution in [0, 0.1) is 11.3 Å². The van der Waals surface area contributed by atoms with Crippen LogP contribution in [0.15, 0.2) is 77.7 Å². The van der Waals surface area contributed by atoms with Crippen molar-refractivity contribution in [3.63, 3.8) is 0 Å². The predicted octanol–water partition coefficient (Wildman–Crippen LogP) is 4.65. The molecule has 124 valence electrons. The minimum Gasteiger partial charge on any atom is -0.378 e. The summed E-state index contributed by atoms with van der Waals surface area (Å²) in [7, 11) is -4.09. The van der Waals surface area contributed by atoms with E-state index in [1.807, 2.05) is 36.4 Å². The van der Waals surface area contributed by atoms with Crippen LogP contribution in [0.25, 0.3) is 11.1 Å². The fraction of sp³-hybridized carbons (Fsp3) is 0. The average molecular weight is 370 g/mol. The lowest BCUT2D eigenvalue weighted by atomic mass is 10.1. The Labute approximate surface area is 151 Å². The maximum atomic E-state index is 12.6. The Kier molecular flexibility index (Phi) is 4.75. The van der Waals surface area contributed by atoms with Gasteiger partial charge in [-0.1, -0.05) is 60.1 Å². The van der Waals surface area contributed by atoms with Gasteiger partial charge in [0.05, 0.1) is 10.6 Å². The summed E-state index contributed by atoms with van der Waals surface area (Å²) in [6, 6.07) is 22.0. The molecule has 0 amide bonds. The van der Waals surface area contributed by atoms with Crippen molar-refractivity contribution in [2.24, 2.45) is 0 Å². The van der Waals surface area contributed by atoms with E-state index in [-0.39, 0.29) is 21.2 Å². The van der Waals surface area contributed by atoms with E-state index in [2.05, 4.69) is 0 Å². The molecule has 0 spiro atoms. The molecule has 0 unspecified atom stereocenters. The summed E-state index contributed by atoms with van der Waals surface area (Å²) in [5.41, 5.74) is 1.70. The Morgan fingerprint density at radius 2 is 1.60 bits per heavy atom. The molecule has 0 N–H and O–H groups in total. The molecular formula is C19H12ClNO3S. The van der Waals surface area contributed by atoms with Gasteiger partial charge < -0.3 is 4.18 Å². The van der Waals surface area contributed by atoms with Crippen LogP contribution in [0.1, 0.15) is 5.56 Å². The number of nitrogens with zero attached hydrogens (tertiary/aromatic N) is 1. The summed E-state index contributed by atoms with van der Waals surface area (Å²) in [5.74, 6) is 0.217. The summed E-state index contributed by atoms with van der Waals surface area (Å²) in [5, 5.41) is 8.95. The molecular weight excluding hydrogens is 358 g/mol. The van der Waals surface area contributed by atoms with Crippen LogP contribution in [0.5, 0.6) is 5.75 Å². The largest absolute Gasteiger partial charge is 0.378 e. The van der Waals surface area contributed by atoms with E-state index < -0.39 is 10.1 Å². The summed E-state index contributed by atoms with van der Waals surface area (Å²) < 4.78 is 30.5. The molecule has 0 saturated carbocycles. The lowest BCUT2D eigenvalue weighted by molar-refractivity contribution is 0.487. The molecule has 0 aliphatic heterocycles. The molecule has 0 fully saturated rings. The zero-order chi connectivity index (χ0) is 17.9. The van der Waals surface area contributed by atoms with Crippen LogP contribution in [0.4, 0.5) is 0 Å². The Morgan fingerprint density at radius 3 is 2.28 bits per heavy atom. The molecule has 6 heteroatoms. The van der Waals surface area contributed by atoms with E-state index >= 15 is 0 Å². The van der Waals surface area contributed by atoms with Gasteiger partial charge in [-0.05, 0) is 29.8 Å². The lowest BCUT2D eigenvalue weighted by Gasteiger charge is -2.12. The molecule has 0 radical (unpaired) electrons. The number of hydrogen-bond donors (Lipinski definition) is 0. The second-order valence-electron chi connectivity index (χ2n) is 5.15. The molecule has 0 saturated heterocycles. The fourth-order valence-electron chi connectivity index (χ4n) is 2.30. The molecule has 0 bridgehead atoms. The molecule has 25 heavy (non-hydrogen) atoms. The fourth-order valence-corrected chi connectivity index (χ4v) is 3.57. The number of nitriles is 1. The van der Waals surface area contributed by atoms with E-state index in [9.17, 15) is 8.42 Å². The third-order valence-corrected chi connectivity index (χ3v) is 5.06. The standard InChI is InChI=1S/C19H12ClNO3S/c20-18-12-16(11-10-15(18)13-21)25(22,23)24-19-9-5-4-8-17(19)14-6-2-1-3-7-14/h1-12H. The molecule has 0 heterocycles. The first-order chi connectivity index (χ1) is 12.0. The van der Waals surface area contributed by atoms with Crippen LogP contribution >= 0.6 is 11.6 Å². The second kappa shape index (κ2) is 6.98. The highest BCUT2D eigenvalue weighted by Crippen LogP contribution is 2.32. The highest BCUT2D eigenvalue weighted by atomic mass is 35.5. The van der Waals surface area contributed by atoms with Crippen LogP contribution < -0.4 is 4.18 Å². The molecule has 0 atom stereocenters. The van der Waals surface area contributed by atoms with Gasteiger partial charge in [-0.2, -0.15) is 13.7 Å². The van der Waals surface area contributed by atoms with Crippen LogP contribution in [0.2, 0.25) is 5.02 Å². The van der Waals surface area contributed by atoms with Crippen molar-refractivity contribution in [3.8, 4) is 22.9 Å². The first-order valence-corrected chi connectivity index (χ1v) is 9.08. The van der Waals surface area contributed by atoms with Gasteiger partial charge in [0, 0.05) is 5.56 Å². The van der Waals surface area contributed by atoms with Gasteiger partial charge in [0.1, 0.15) is 11.0 Å². The van der Waals surface area contributed by atoms with Gasteiger partial charge in [0.15, 0.2) is 5.75 Å². The molecule has 4 nitrogen and oxygen atoms in total. The van der Waals surface area contributed by atoms with Crippen molar-refractivity contribution in [2.45, 2.75) is 4.90 Å². The quantitative estimate of drug-likeness (QED) is 0.628. The average Bonchev–Trinajstić information content (AvgIpc) is 2.62. The van der Waals surface area contributed by atoms with Crippen LogP contribution in [0.3, 0.4) is 0 Å². The smallest absolute Gasteiger partial charge is 0.339 e. The van der Waals surface area contributed by atoms with Crippen LogP contribution in [-0.2, 0) is 10.1 Å². The first-order valence-electron chi connectivity index (χ1n) is 7.30. The van der Waals surface area contributed by atoms with Crippen molar-refractivity contribution in [2.75, 3.05) is 0 Å². The minimum atomic E-state index is -4.09. The van der Waals surface area contributed by atoms with Gasteiger partial charge >= 0.3 is 10.1 Å². The van der Waals surface area contributed by atoms with E-state index in [1.54, 1.807) is 24.3 Å². The Hall–Kier alpha value is -2.81. The second-order valence-corrected chi connectivity index (χ2v) is 7.11. The number of benzene rings is 3. The molecule has 0 aromatic heterocycles. The van der Waals surface area contributed by atoms with E-state index in [4.69, 9.17) is 21.0 Å². The zero-order valence-electron chi connectivity index (χ0n) is 12.9. The molecule has 0 aliphatic carbocycles. The molecule has 0 aliphatic rings. The summed E-state index contributed by atoms with van der Waals surface area (Å²) >= 11 is 5.92. The minimum absolute atomic E-state index is 0.0588. The van der Waals surface area contributed by atoms with Crippen molar-refractivity contribution >= 4 is 21.7 Å². The lowest BCUT2D eigenvalue weighted by Crippen LogP contribution is -2.10. The van der Waals surface area contributed by atoms with Gasteiger partial charge in [-0.15, -0.1) is 0 Å². The van der Waals surface area contributed by atoms with Crippen molar-refractivity contribution < 1.29 is 12.6 Å². The molecule has 3 aromatic rings. The monoisotopic (exact) mass is 369 g/mol. The van der Waals surface area contributed by atoms with Crippen LogP contribution in [-0.4, -0.2) is 8.42 Å². The van der Waals surface area contributed by atoms with Crippen molar-refractivity contribution in [3.05, 3.63) is 83.4 Å². The Bertz CT molecular complexity index is 1060. The molecule has 3 rings (SSSR count). The van der Waals surface area contributed by atoms with Gasteiger partial charge in [-0.25, -0.2) is 0 Å². The van der Waals surface area contributed by atoms with E-state index in [0.29, 0.717) is 5.56 Å². The van der Waals surface area contributed by atoms with E-state index in [0.717, 1.165) is 5.56 Å². The van der Waals surface area contributed by atoms with Crippen molar-refractivity contribution in [1.82, 2.24) is 0 Å². The summed E-state index contributed by atoms with van der Waals surface area (Å²) in [6.45, 7) is 0. The van der Waals surface area contributed by atoms with Crippen molar-refractivity contribution in [1.29, 1.82) is 5.26 Å². The third kappa shape index (κ3) is 3.66. The number of hydrogen-bond acceptors (Lipinski definition) is 4. The maximum Gasteiger partial charge on any atom is 0.339 e. The third-order valence-electron chi connectivity index (χ3n) is 3.52. The zero-order valence-corrected chi connectivity index (χ0v) is 14.5. The SMILES string of the molecule is N#Cc1ccc(S(=O)(=O)Oc2ccccc2-c2ccccc2)cc1Cl. The van der Waals surface area contributed by atoms with Gasteiger partial charge in [0.25, 0.3) is 0 Å². The topological polar surface area (TPSA) is 67.2 Å². The van der Waals surface area contributed by atoms with Gasteiger partial charge in [-0.3, -0.25) is 0 Å². The number of halogens is 1. The highest BCUT2D eigenvalue weighted by Gasteiger charge is 2.20. The molecule has 3 aromatic carbocycles.